The number of rotatable bonds is 3. The van der Waals surface area contributed by atoms with Gasteiger partial charge in [0.05, 0.1) is 0 Å². The Kier molecular flexibility index (Phi) is 3.76. The summed E-state index contributed by atoms with van der Waals surface area (Å²) in [5.41, 5.74) is 0. The zero-order chi connectivity index (χ0) is 9.90. The summed E-state index contributed by atoms with van der Waals surface area (Å²) in [5.74, 6) is 4.39. The standard InChI is InChI=1S/C9H20N2OS/c1-10-4-6-11(7-5-10)8-9-13(2,3)12/h2,4-9H2,1,3H3. The minimum Gasteiger partial charge on any atom is -0.304 e. The van der Waals surface area contributed by atoms with E-state index in [2.05, 4.69) is 22.7 Å². The lowest BCUT2D eigenvalue weighted by molar-refractivity contribution is 0.161. The molecule has 0 radical (unpaired) electrons. The molecular weight excluding hydrogens is 184 g/mol. The second kappa shape index (κ2) is 4.44. The average Bonchev–Trinajstić information content (AvgIpc) is 2.02. The Labute approximate surface area is 81.7 Å². The van der Waals surface area contributed by atoms with E-state index < -0.39 is 9.52 Å². The van der Waals surface area contributed by atoms with Gasteiger partial charge in [0.25, 0.3) is 0 Å². The first-order chi connectivity index (χ1) is 5.97. The van der Waals surface area contributed by atoms with Gasteiger partial charge >= 0.3 is 0 Å². The van der Waals surface area contributed by atoms with Crippen LogP contribution < -0.4 is 0 Å². The lowest BCUT2D eigenvalue weighted by Crippen LogP contribution is -2.45. The van der Waals surface area contributed by atoms with Gasteiger partial charge in [-0.25, -0.2) is 0 Å². The first-order valence-electron chi connectivity index (χ1n) is 4.68. The monoisotopic (exact) mass is 204 g/mol. The van der Waals surface area contributed by atoms with E-state index >= 15 is 0 Å². The van der Waals surface area contributed by atoms with Gasteiger partial charge in [-0.15, -0.1) is 0 Å². The molecule has 1 aliphatic rings. The Morgan fingerprint density at radius 3 is 2.31 bits per heavy atom. The van der Waals surface area contributed by atoms with Crippen molar-refractivity contribution in [2.75, 3.05) is 51.8 Å². The average molecular weight is 204 g/mol. The van der Waals surface area contributed by atoms with E-state index in [4.69, 9.17) is 0 Å². The van der Waals surface area contributed by atoms with Crippen LogP contribution >= 0.6 is 0 Å². The van der Waals surface area contributed by atoms with E-state index in [1.54, 1.807) is 6.26 Å². The molecule has 1 rings (SSSR count). The molecule has 0 amide bonds. The molecule has 1 unspecified atom stereocenters. The molecule has 0 bridgehead atoms. The minimum atomic E-state index is -1.79. The summed E-state index contributed by atoms with van der Waals surface area (Å²) in [6.45, 7) is 5.40. The number of hydrogen-bond donors (Lipinski definition) is 0. The van der Waals surface area contributed by atoms with Crippen LogP contribution in [0.5, 0.6) is 0 Å². The molecule has 0 aromatic carbocycles. The SMILES string of the molecule is C=S(C)(=O)CCN1CCN(C)CC1. The van der Waals surface area contributed by atoms with Gasteiger partial charge in [-0.1, -0.05) is 0 Å². The highest BCUT2D eigenvalue weighted by Crippen LogP contribution is 1.99. The summed E-state index contributed by atoms with van der Waals surface area (Å²) in [6, 6.07) is 0. The third-order valence-corrected chi connectivity index (χ3v) is 3.48. The molecule has 0 spiro atoms. The largest absolute Gasteiger partial charge is 0.304 e. The van der Waals surface area contributed by atoms with Crippen molar-refractivity contribution >= 4 is 15.4 Å². The number of likely N-dealkylation sites (N-methyl/N-ethyl adjacent to an activating group) is 1. The van der Waals surface area contributed by atoms with Gasteiger partial charge in [0.1, 0.15) is 0 Å². The van der Waals surface area contributed by atoms with Crippen molar-refractivity contribution in [3.63, 3.8) is 0 Å². The van der Waals surface area contributed by atoms with E-state index in [1.165, 1.54) is 0 Å². The van der Waals surface area contributed by atoms with E-state index in [0.29, 0.717) is 0 Å². The molecule has 1 atom stereocenters. The zero-order valence-electron chi connectivity index (χ0n) is 8.66. The van der Waals surface area contributed by atoms with Gasteiger partial charge in [-0.05, 0) is 22.4 Å². The first kappa shape index (κ1) is 11.0. The number of hydrogen-bond acceptors (Lipinski definition) is 3. The predicted molar refractivity (Wildman–Crippen MR) is 60.0 cm³/mol. The molecule has 1 saturated heterocycles. The summed E-state index contributed by atoms with van der Waals surface area (Å²) < 4.78 is 11.3. The van der Waals surface area contributed by atoms with E-state index in [9.17, 15) is 4.21 Å². The second-order valence-corrected chi connectivity index (χ2v) is 6.81. The van der Waals surface area contributed by atoms with Gasteiger partial charge in [0.2, 0.25) is 0 Å². The van der Waals surface area contributed by atoms with Gasteiger partial charge in [-0.3, -0.25) is 9.11 Å². The maximum atomic E-state index is 11.3. The molecular formula is C9H20N2OS. The highest BCUT2D eigenvalue weighted by molar-refractivity contribution is 7.99. The second-order valence-electron chi connectivity index (χ2n) is 4.03. The third kappa shape index (κ3) is 4.64. The van der Waals surface area contributed by atoms with Crippen LogP contribution in [-0.2, 0) is 9.52 Å². The van der Waals surface area contributed by atoms with Crippen LogP contribution in [0.3, 0.4) is 0 Å². The van der Waals surface area contributed by atoms with Gasteiger partial charge in [0, 0.05) is 44.7 Å². The normalized spacial score (nSPS) is 25.7. The Balaban J connectivity index is 2.24. The van der Waals surface area contributed by atoms with Crippen LogP contribution in [-0.4, -0.2) is 71.7 Å². The summed E-state index contributed by atoms with van der Waals surface area (Å²) in [4.78, 5) is 4.69. The fourth-order valence-corrected chi connectivity index (χ4v) is 2.04. The maximum Gasteiger partial charge on any atom is 0.0284 e. The molecule has 0 aromatic rings. The predicted octanol–water partition coefficient (Wildman–Crippen LogP) is -0.420. The molecule has 1 fully saturated rings. The Hall–Kier alpha value is -0.0600. The van der Waals surface area contributed by atoms with Crippen molar-refractivity contribution in [2.45, 2.75) is 0 Å². The lowest BCUT2D eigenvalue weighted by atomic mass is 10.3. The summed E-state index contributed by atoms with van der Waals surface area (Å²) in [5, 5.41) is 0. The van der Waals surface area contributed by atoms with Gasteiger partial charge in [-0.2, -0.15) is 0 Å². The summed E-state index contributed by atoms with van der Waals surface area (Å²) in [7, 11) is 0.348. The highest BCUT2D eigenvalue weighted by atomic mass is 32.2. The lowest BCUT2D eigenvalue weighted by Gasteiger charge is -2.32. The Bertz CT molecular complexity index is 240. The van der Waals surface area contributed by atoms with Crippen molar-refractivity contribution in [1.29, 1.82) is 0 Å². The van der Waals surface area contributed by atoms with Gasteiger partial charge < -0.3 is 4.90 Å². The molecule has 1 heterocycles. The number of nitrogens with zero attached hydrogens (tertiary/aromatic N) is 2. The number of piperazine rings is 1. The fraction of sp³-hybridized carbons (Fsp3) is 0.889. The van der Waals surface area contributed by atoms with E-state index in [1.807, 2.05) is 0 Å². The van der Waals surface area contributed by atoms with E-state index in [0.717, 1.165) is 38.5 Å². The zero-order valence-corrected chi connectivity index (χ0v) is 9.48. The molecule has 0 aromatic heterocycles. The Morgan fingerprint density at radius 1 is 1.31 bits per heavy atom. The van der Waals surface area contributed by atoms with Crippen molar-refractivity contribution in [1.82, 2.24) is 9.80 Å². The van der Waals surface area contributed by atoms with Crippen LogP contribution in [0.1, 0.15) is 0 Å². The fourth-order valence-electron chi connectivity index (χ4n) is 1.39. The summed E-state index contributed by atoms with van der Waals surface area (Å²) >= 11 is 0. The summed E-state index contributed by atoms with van der Waals surface area (Å²) in [6.07, 6.45) is 1.74. The van der Waals surface area contributed by atoms with Crippen molar-refractivity contribution in [2.24, 2.45) is 0 Å². The Morgan fingerprint density at radius 2 is 1.85 bits per heavy atom. The van der Waals surface area contributed by atoms with Crippen molar-refractivity contribution in [3.05, 3.63) is 0 Å². The van der Waals surface area contributed by atoms with Crippen LogP contribution in [0.25, 0.3) is 0 Å². The molecule has 13 heavy (non-hydrogen) atoms. The first-order valence-corrected chi connectivity index (χ1v) is 6.99. The third-order valence-electron chi connectivity index (χ3n) is 2.44. The van der Waals surface area contributed by atoms with Crippen molar-refractivity contribution < 1.29 is 4.21 Å². The molecule has 0 saturated carbocycles. The van der Waals surface area contributed by atoms with Crippen LogP contribution in [0, 0.1) is 0 Å². The van der Waals surface area contributed by atoms with Crippen molar-refractivity contribution in [3.8, 4) is 0 Å². The van der Waals surface area contributed by atoms with E-state index in [-0.39, 0.29) is 0 Å². The molecule has 4 heteroatoms. The van der Waals surface area contributed by atoms with Crippen LogP contribution in [0.2, 0.25) is 0 Å². The van der Waals surface area contributed by atoms with Gasteiger partial charge in [0.15, 0.2) is 0 Å². The topological polar surface area (TPSA) is 23.6 Å². The molecule has 78 valence electrons. The van der Waals surface area contributed by atoms with Crippen LogP contribution in [0.15, 0.2) is 0 Å². The maximum absolute atomic E-state index is 11.3. The molecule has 1 aliphatic heterocycles. The highest BCUT2D eigenvalue weighted by Gasteiger charge is 2.13. The molecule has 0 aliphatic carbocycles. The quantitative estimate of drug-likeness (QED) is 0.583. The van der Waals surface area contributed by atoms with Crippen LogP contribution in [0.4, 0.5) is 0 Å². The minimum absolute atomic E-state index is 0.733. The smallest absolute Gasteiger partial charge is 0.0284 e. The molecule has 3 nitrogen and oxygen atoms in total. The molecule has 0 N–H and O–H groups in total.